The maximum absolute atomic E-state index is 12.3. The van der Waals surface area contributed by atoms with Gasteiger partial charge in [-0.05, 0) is 53.2 Å². The zero-order valence-electron chi connectivity index (χ0n) is 11.6. The molecule has 0 saturated heterocycles. The summed E-state index contributed by atoms with van der Waals surface area (Å²) in [5.41, 5.74) is 5.25. The molecule has 3 aromatic rings. The Morgan fingerprint density at radius 3 is 2.67 bits per heavy atom. The molecule has 1 aliphatic rings. The van der Waals surface area contributed by atoms with Crippen LogP contribution in [-0.4, -0.2) is 11.5 Å². The second kappa shape index (κ2) is 4.86. The number of aromatic amines is 1. The van der Waals surface area contributed by atoms with Gasteiger partial charge in [-0.25, -0.2) is 0 Å². The summed E-state index contributed by atoms with van der Waals surface area (Å²) >= 11 is 0. The molecule has 2 N–H and O–H groups in total. The number of fused-ring (bicyclic) bond motifs is 2. The molecule has 0 unspecified atom stereocenters. The molecule has 0 aliphatic carbocycles. The van der Waals surface area contributed by atoms with Crippen molar-refractivity contribution in [3.05, 3.63) is 70.0 Å². The first-order chi connectivity index (χ1) is 10.3. The minimum absolute atomic E-state index is 0.0302. The predicted octanol–water partition coefficient (Wildman–Crippen LogP) is 2.84. The number of H-pyrrole nitrogens is 1. The van der Waals surface area contributed by atoms with Crippen molar-refractivity contribution in [2.45, 2.75) is 13.0 Å². The maximum atomic E-state index is 12.3. The van der Waals surface area contributed by atoms with Crippen molar-refractivity contribution in [1.29, 1.82) is 0 Å². The fourth-order valence-corrected chi connectivity index (χ4v) is 3.02. The fourth-order valence-electron chi connectivity index (χ4n) is 3.02. The Kier molecular flexibility index (Phi) is 2.86. The summed E-state index contributed by atoms with van der Waals surface area (Å²) in [5, 5.41) is 4.47. The highest BCUT2D eigenvalue weighted by molar-refractivity contribution is 5.85. The number of aromatic nitrogens is 1. The molecule has 1 aromatic heterocycles. The number of nitrogens with one attached hydrogen (secondary N) is 2. The van der Waals surface area contributed by atoms with Gasteiger partial charge >= 0.3 is 0 Å². The van der Waals surface area contributed by atoms with E-state index in [2.05, 4.69) is 22.4 Å². The molecule has 0 radical (unpaired) electrons. The summed E-state index contributed by atoms with van der Waals surface area (Å²) < 4.78 is 0. The summed E-state index contributed by atoms with van der Waals surface area (Å²) in [6.07, 6.45) is 1.05. The first-order valence-electron chi connectivity index (χ1n) is 7.26. The molecule has 0 bridgehead atoms. The Balaban J connectivity index is 1.95. The average molecular weight is 276 g/mol. The van der Waals surface area contributed by atoms with Crippen LogP contribution in [-0.2, 0) is 13.0 Å². The molecule has 2 heterocycles. The van der Waals surface area contributed by atoms with Crippen LogP contribution in [0.4, 0.5) is 0 Å². The molecule has 0 amide bonds. The molecule has 1 aliphatic heterocycles. The second-order valence-electron chi connectivity index (χ2n) is 5.51. The van der Waals surface area contributed by atoms with Crippen molar-refractivity contribution in [3.63, 3.8) is 0 Å². The van der Waals surface area contributed by atoms with E-state index in [-0.39, 0.29) is 5.56 Å². The van der Waals surface area contributed by atoms with Crippen molar-refractivity contribution >= 4 is 10.9 Å². The number of hydrogen-bond donors (Lipinski definition) is 2. The summed E-state index contributed by atoms with van der Waals surface area (Å²) in [7, 11) is 0. The van der Waals surface area contributed by atoms with Gasteiger partial charge in [0, 0.05) is 17.6 Å². The lowest BCUT2D eigenvalue weighted by Crippen LogP contribution is -2.23. The molecule has 3 nitrogen and oxygen atoms in total. The van der Waals surface area contributed by atoms with Crippen molar-refractivity contribution in [2.75, 3.05) is 6.54 Å². The maximum Gasteiger partial charge on any atom is 0.256 e. The first-order valence-corrected chi connectivity index (χ1v) is 7.26. The van der Waals surface area contributed by atoms with Crippen LogP contribution < -0.4 is 10.9 Å². The topological polar surface area (TPSA) is 44.9 Å². The van der Waals surface area contributed by atoms with Crippen LogP contribution in [0.2, 0.25) is 0 Å². The van der Waals surface area contributed by atoms with Crippen LogP contribution in [0.15, 0.2) is 53.3 Å². The molecule has 0 fully saturated rings. The number of pyridine rings is 1. The van der Waals surface area contributed by atoms with Crippen LogP contribution >= 0.6 is 0 Å². The van der Waals surface area contributed by atoms with Gasteiger partial charge in [0.05, 0.1) is 0 Å². The van der Waals surface area contributed by atoms with Gasteiger partial charge in [-0.3, -0.25) is 4.79 Å². The van der Waals surface area contributed by atoms with Crippen molar-refractivity contribution in [3.8, 4) is 11.1 Å². The van der Waals surface area contributed by atoms with Crippen LogP contribution in [0, 0.1) is 0 Å². The highest BCUT2D eigenvalue weighted by Crippen LogP contribution is 2.24. The molecule has 2 aromatic carbocycles. The fraction of sp³-hybridized carbons (Fsp3) is 0.167. The normalized spacial score (nSPS) is 14.1. The van der Waals surface area contributed by atoms with Gasteiger partial charge in [0.25, 0.3) is 5.56 Å². The zero-order valence-corrected chi connectivity index (χ0v) is 11.6. The summed E-state index contributed by atoms with van der Waals surface area (Å²) in [4.78, 5) is 15.4. The molecule has 104 valence electrons. The minimum atomic E-state index is -0.0302. The van der Waals surface area contributed by atoms with E-state index in [0.717, 1.165) is 41.5 Å². The highest BCUT2D eigenvalue weighted by Gasteiger charge is 2.12. The number of benzene rings is 2. The Hall–Kier alpha value is -2.39. The van der Waals surface area contributed by atoms with Gasteiger partial charge in [0.15, 0.2) is 0 Å². The van der Waals surface area contributed by atoms with E-state index in [9.17, 15) is 4.79 Å². The lowest BCUT2D eigenvalue weighted by molar-refractivity contribution is 0.645. The quantitative estimate of drug-likeness (QED) is 0.718. The Labute approximate surface area is 122 Å². The van der Waals surface area contributed by atoms with Gasteiger partial charge < -0.3 is 10.3 Å². The van der Waals surface area contributed by atoms with Gasteiger partial charge in [-0.2, -0.15) is 0 Å². The van der Waals surface area contributed by atoms with Gasteiger partial charge in [0.1, 0.15) is 0 Å². The van der Waals surface area contributed by atoms with E-state index in [4.69, 9.17) is 0 Å². The third-order valence-corrected chi connectivity index (χ3v) is 4.14. The summed E-state index contributed by atoms with van der Waals surface area (Å²) in [6.45, 7) is 1.90. The van der Waals surface area contributed by atoms with E-state index in [1.165, 1.54) is 11.1 Å². The molecule has 3 heteroatoms. The molecule has 0 saturated carbocycles. The average Bonchev–Trinajstić information content (AvgIpc) is 2.53. The van der Waals surface area contributed by atoms with E-state index in [1.54, 1.807) is 0 Å². The zero-order chi connectivity index (χ0) is 14.2. The first kappa shape index (κ1) is 12.4. The SMILES string of the molecule is O=c1[nH]c2cc3c(cc2cc1-c1ccccc1)CCNC3. The smallest absolute Gasteiger partial charge is 0.256 e. The van der Waals surface area contributed by atoms with Gasteiger partial charge in [-0.1, -0.05) is 30.3 Å². The molecule has 0 atom stereocenters. The van der Waals surface area contributed by atoms with Gasteiger partial charge in [-0.15, -0.1) is 0 Å². The van der Waals surface area contributed by atoms with Crippen LogP contribution in [0.5, 0.6) is 0 Å². The molecule has 4 rings (SSSR count). The summed E-state index contributed by atoms with van der Waals surface area (Å²) in [6, 6.07) is 16.1. The third kappa shape index (κ3) is 2.16. The van der Waals surface area contributed by atoms with Gasteiger partial charge in [0.2, 0.25) is 0 Å². The predicted molar refractivity (Wildman–Crippen MR) is 85.4 cm³/mol. The Bertz CT molecular complexity index is 866. The van der Waals surface area contributed by atoms with E-state index >= 15 is 0 Å². The molecular weight excluding hydrogens is 260 g/mol. The Morgan fingerprint density at radius 2 is 1.81 bits per heavy atom. The molecule has 21 heavy (non-hydrogen) atoms. The minimum Gasteiger partial charge on any atom is -0.321 e. The Morgan fingerprint density at radius 1 is 0.952 bits per heavy atom. The van der Waals surface area contributed by atoms with E-state index < -0.39 is 0 Å². The van der Waals surface area contributed by atoms with Crippen molar-refractivity contribution < 1.29 is 0 Å². The lowest BCUT2D eigenvalue weighted by Gasteiger charge is -2.18. The van der Waals surface area contributed by atoms with Crippen molar-refractivity contribution in [2.24, 2.45) is 0 Å². The van der Waals surface area contributed by atoms with Crippen molar-refractivity contribution in [1.82, 2.24) is 10.3 Å². The highest BCUT2D eigenvalue weighted by atomic mass is 16.1. The largest absolute Gasteiger partial charge is 0.321 e. The number of rotatable bonds is 1. The van der Waals surface area contributed by atoms with E-state index in [1.807, 2.05) is 36.4 Å². The molecule has 0 spiro atoms. The van der Waals surface area contributed by atoms with Crippen LogP contribution in [0.25, 0.3) is 22.0 Å². The summed E-state index contributed by atoms with van der Waals surface area (Å²) in [5.74, 6) is 0. The monoisotopic (exact) mass is 276 g/mol. The van der Waals surface area contributed by atoms with Crippen LogP contribution in [0.1, 0.15) is 11.1 Å². The molecular formula is C18H16N2O. The van der Waals surface area contributed by atoms with Crippen LogP contribution in [0.3, 0.4) is 0 Å². The third-order valence-electron chi connectivity index (χ3n) is 4.14. The lowest BCUT2D eigenvalue weighted by atomic mass is 9.97. The van der Waals surface area contributed by atoms with E-state index in [0.29, 0.717) is 0 Å². The standard InChI is InChI=1S/C18H16N2O/c21-18-16(12-4-2-1-3-5-12)9-14-8-13-6-7-19-11-15(13)10-17(14)20-18/h1-5,8-10,19H,6-7,11H2,(H,20,21). The number of hydrogen-bond acceptors (Lipinski definition) is 2. The second-order valence-corrected chi connectivity index (χ2v) is 5.51.